The first kappa shape index (κ1) is 17.3. The molecule has 25 heavy (non-hydrogen) atoms. The van der Waals surface area contributed by atoms with Gasteiger partial charge in [-0.3, -0.25) is 0 Å². The molecule has 0 saturated heterocycles. The Morgan fingerprint density at radius 2 is 1.80 bits per heavy atom. The molecule has 0 bridgehead atoms. The van der Waals surface area contributed by atoms with Crippen LogP contribution in [-0.4, -0.2) is 0 Å². The zero-order valence-electron chi connectivity index (χ0n) is 15.1. The molecule has 0 aliphatic carbocycles. The Kier molecular flexibility index (Phi) is 5.22. The van der Waals surface area contributed by atoms with Crippen LogP contribution < -0.4 is 10.4 Å². The summed E-state index contributed by atoms with van der Waals surface area (Å²) < 4.78 is 11.5. The van der Waals surface area contributed by atoms with Crippen molar-refractivity contribution in [2.75, 3.05) is 0 Å². The van der Waals surface area contributed by atoms with Crippen molar-refractivity contribution in [2.24, 2.45) is 0 Å². The molecule has 0 atom stereocenters. The van der Waals surface area contributed by atoms with E-state index in [1.165, 1.54) is 5.56 Å². The minimum atomic E-state index is -0.294. The normalized spacial score (nSPS) is 11.0. The summed E-state index contributed by atoms with van der Waals surface area (Å²) >= 11 is 0. The number of hydrogen-bond donors (Lipinski definition) is 0. The molecule has 0 aliphatic rings. The molecule has 0 aliphatic heterocycles. The molecule has 2 aromatic carbocycles. The Morgan fingerprint density at radius 3 is 2.52 bits per heavy atom. The van der Waals surface area contributed by atoms with E-state index >= 15 is 0 Å². The van der Waals surface area contributed by atoms with Crippen LogP contribution in [0.5, 0.6) is 5.75 Å². The molecule has 3 aromatic rings. The van der Waals surface area contributed by atoms with Gasteiger partial charge in [0, 0.05) is 17.0 Å². The number of benzene rings is 2. The van der Waals surface area contributed by atoms with E-state index in [-0.39, 0.29) is 5.63 Å². The molecular weight excluding hydrogens is 312 g/mol. The molecule has 3 rings (SSSR count). The van der Waals surface area contributed by atoms with Gasteiger partial charge >= 0.3 is 5.63 Å². The van der Waals surface area contributed by atoms with Crippen LogP contribution in [0.4, 0.5) is 0 Å². The topological polar surface area (TPSA) is 39.4 Å². The van der Waals surface area contributed by atoms with Crippen molar-refractivity contribution in [1.29, 1.82) is 0 Å². The highest BCUT2D eigenvalue weighted by atomic mass is 16.5. The third-order valence-corrected chi connectivity index (χ3v) is 4.51. The molecule has 1 heterocycles. The molecule has 0 spiro atoms. The predicted octanol–water partition coefficient (Wildman–Crippen LogP) is 5.33. The number of rotatable bonds is 6. The smallest absolute Gasteiger partial charge is 0.336 e. The molecule has 3 heteroatoms. The summed E-state index contributed by atoms with van der Waals surface area (Å²) in [6.07, 6.45) is 3.04. The van der Waals surface area contributed by atoms with Crippen LogP contribution in [-0.2, 0) is 13.0 Å². The van der Waals surface area contributed by atoms with Crippen molar-refractivity contribution < 1.29 is 9.15 Å². The van der Waals surface area contributed by atoms with Crippen molar-refractivity contribution >= 4 is 11.0 Å². The van der Waals surface area contributed by atoms with Crippen molar-refractivity contribution in [1.82, 2.24) is 0 Å². The first-order chi connectivity index (χ1) is 12.1. The van der Waals surface area contributed by atoms with Crippen LogP contribution in [0.25, 0.3) is 11.0 Å². The third kappa shape index (κ3) is 3.93. The fourth-order valence-electron chi connectivity index (χ4n) is 2.98. The fourth-order valence-corrected chi connectivity index (χ4v) is 2.98. The summed E-state index contributed by atoms with van der Waals surface area (Å²) in [5.74, 6) is 0.754. The van der Waals surface area contributed by atoms with Gasteiger partial charge in [-0.15, -0.1) is 0 Å². The van der Waals surface area contributed by atoms with Gasteiger partial charge in [0.2, 0.25) is 0 Å². The lowest BCUT2D eigenvalue weighted by molar-refractivity contribution is 0.304. The summed E-state index contributed by atoms with van der Waals surface area (Å²) in [6, 6.07) is 13.9. The summed E-state index contributed by atoms with van der Waals surface area (Å²) in [7, 11) is 0. The highest BCUT2D eigenvalue weighted by Gasteiger charge is 2.12. The van der Waals surface area contributed by atoms with Gasteiger partial charge in [0.25, 0.3) is 0 Å². The second kappa shape index (κ2) is 7.56. The first-order valence-corrected chi connectivity index (χ1v) is 8.83. The van der Waals surface area contributed by atoms with Crippen LogP contribution in [0, 0.1) is 13.8 Å². The second-order valence-corrected chi connectivity index (χ2v) is 6.53. The minimum absolute atomic E-state index is 0.294. The van der Waals surface area contributed by atoms with Crippen LogP contribution in [0.2, 0.25) is 0 Å². The molecule has 0 amide bonds. The highest BCUT2D eigenvalue weighted by Crippen LogP contribution is 2.29. The number of hydrogen-bond acceptors (Lipinski definition) is 3. The van der Waals surface area contributed by atoms with Gasteiger partial charge in [-0.1, -0.05) is 43.2 Å². The van der Waals surface area contributed by atoms with Gasteiger partial charge in [0.05, 0.1) is 0 Å². The lowest BCUT2D eigenvalue weighted by Gasteiger charge is -2.12. The summed E-state index contributed by atoms with van der Waals surface area (Å²) in [6.45, 7) is 6.65. The van der Waals surface area contributed by atoms with Gasteiger partial charge in [0.15, 0.2) is 0 Å². The average molecular weight is 336 g/mol. The quantitative estimate of drug-likeness (QED) is 0.571. The zero-order chi connectivity index (χ0) is 17.8. The molecule has 0 radical (unpaired) electrons. The number of aryl methyl sites for hydroxylation is 3. The predicted molar refractivity (Wildman–Crippen MR) is 101 cm³/mol. The Balaban J connectivity index is 1.91. The van der Waals surface area contributed by atoms with Crippen molar-refractivity contribution in [2.45, 2.75) is 46.6 Å². The van der Waals surface area contributed by atoms with E-state index in [4.69, 9.17) is 9.15 Å². The molecule has 130 valence electrons. The van der Waals surface area contributed by atoms with E-state index in [1.807, 2.05) is 19.1 Å². The average Bonchev–Trinajstić information content (AvgIpc) is 2.61. The zero-order valence-corrected chi connectivity index (χ0v) is 15.1. The van der Waals surface area contributed by atoms with Gasteiger partial charge in [-0.05, 0) is 49.9 Å². The van der Waals surface area contributed by atoms with Crippen molar-refractivity contribution in [3.05, 3.63) is 75.1 Å². The molecule has 3 nitrogen and oxygen atoms in total. The third-order valence-electron chi connectivity index (χ3n) is 4.51. The van der Waals surface area contributed by atoms with Gasteiger partial charge < -0.3 is 9.15 Å². The Hall–Kier alpha value is -2.55. The Morgan fingerprint density at radius 1 is 1.04 bits per heavy atom. The molecular formula is C22H24O3. The van der Waals surface area contributed by atoms with Crippen LogP contribution in [0.1, 0.15) is 42.0 Å². The monoisotopic (exact) mass is 336 g/mol. The van der Waals surface area contributed by atoms with E-state index in [9.17, 15) is 4.79 Å². The first-order valence-electron chi connectivity index (χ1n) is 8.83. The summed E-state index contributed by atoms with van der Waals surface area (Å²) in [4.78, 5) is 11.9. The molecule has 0 saturated carbocycles. The molecule has 0 fully saturated rings. The van der Waals surface area contributed by atoms with Gasteiger partial charge in [0.1, 0.15) is 17.9 Å². The molecule has 1 aromatic heterocycles. The SMILES string of the molecule is CCCCc1cc(=O)oc2c(C)c(OCc3ccc(C)cc3)ccc12. The fraction of sp³-hybridized carbons (Fsp3) is 0.318. The van der Waals surface area contributed by atoms with E-state index in [0.29, 0.717) is 12.2 Å². The van der Waals surface area contributed by atoms with E-state index < -0.39 is 0 Å². The number of fused-ring (bicyclic) bond motifs is 1. The number of unbranched alkanes of at least 4 members (excludes halogenated alkanes) is 1. The summed E-state index contributed by atoms with van der Waals surface area (Å²) in [5, 5.41) is 1.01. The van der Waals surface area contributed by atoms with Crippen molar-refractivity contribution in [3.8, 4) is 5.75 Å². The molecule has 0 N–H and O–H groups in total. The van der Waals surface area contributed by atoms with Crippen LogP contribution in [0.15, 0.2) is 51.7 Å². The lowest BCUT2D eigenvalue weighted by atomic mass is 10.0. The largest absolute Gasteiger partial charge is 0.488 e. The van der Waals surface area contributed by atoms with Crippen LogP contribution in [0.3, 0.4) is 0 Å². The van der Waals surface area contributed by atoms with Gasteiger partial charge in [-0.25, -0.2) is 4.79 Å². The van der Waals surface area contributed by atoms with Gasteiger partial charge in [-0.2, -0.15) is 0 Å². The Bertz CT molecular complexity index is 920. The number of ether oxygens (including phenoxy) is 1. The Labute approximate surface area is 148 Å². The van der Waals surface area contributed by atoms with E-state index in [2.05, 4.69) is 38.1 Å². The standard InChI is InChI=1S/C22H24O3/c1-4-5-6-18-13-21(23)25-22-16(3)20(12-11-19(18)22)24-14-17-9-7-15(2)8-10-17/h7-13H,4-6,14H2,1-3H3. The maximum Gasteiger partial charge on any atom is 0.336 e. The summed E-state index contributed by atoms with van der Waals surface area (Å²) in [5.41, 5.74) is 4.62. The second-order valence-electron chi connectivity index (χ2n) is 6.53. The maximum absolute atomic E-state index is 11.9. The minimum Gasteiger partial charge on any atom is -0.488 e. The van der Waals surface area contributed by atoms with Crippen molar-refractivity contribution in [3.63, 3.8) is 0 Å². The lowest BCUT2D eigenvalue weighted by Crippen LogP contribution is -2.03. The van der Waals surface area contributed by atoms with E-state index in [1.54, 1.807) is 6.07 Å². The maximum atomic E-state index is 11.9. The van der Waals surface area contributed by atoms with Crippen LogP contribution >= 0.6 is 0 Å². The molecule has 0 unspecified atom stereocenters. The van der Waals surface area contributed by atoms with E-state index in [0.717, 1.165) is 47.1 Å². The highest BCUT2D eigenvalue weighted by molar-refractivity contribution is 5.85.